The van der Waals surface area contributed by atoms with Gasteiger partial charge in [0.25, 0.3) is 0 Å². The van der Waals surface area contributed by atoms with Gasteiger partial charge in [-0.1, -0.05) is 0 Å². The Morgan fingerprint density at radius 1 is 0.750 bits per heavy atom. The van der Waals surface area contributed by atoms with Crippen molar-refractivity contribution in [3.63, 3.8) is 0 Å². The molecule has 0 heterocycles. The second-order valence-electron chi connectivity index (χ2n) is 0. The molecule has 2 radical (unpaired) electrons. The Labute approximate surface area is 77.8 Å². The molecule has 0 aromatic rings. The first-order chi connectivity index (χ1) is 0. The maximum Gasteiger partial charge on any atom is 0 e. The molecule has 0 aromatic heterocycles. The summed E-state index contributed by atoms with van der Waals surface area (Å²) in [6.07, 6.45) is 0. The number of rotatable bonds is 0. The molecule has 0 spiro atoms. The Hall–Kier alpha value is 2.22. The molecule has 0 atom stereocenters. The molecule has 0 rings (SSSR count). The first-order valence-corrected chi connectivity index (χ1v) is 0. The van der Waals surface area contributed by atoms with Crippen molar-refractivity contribution in [2.45, 2.75) is 0 Å². The fourth-order valence-electron chi connectivity index (χ4n) is 0. The molecule has 4 heteroatoms. The minimum absolute atomic E-state index is 0. The van der Waals surface area contributed by atoms with Gasteiger partial charge in [0.1, 0.15) is 0 Å². The fourth-order valence-corrected chi connectivity index (χ4v) is 0. The van der Waals surface area contributed by atoms with Crippen molar-refractivity contribution in [3.05, 3.63) is 0 Å². The number of hydrogen-bond donors (Lipinski definition) is 0. The smallest absolute Gasteiger partial charge is 0 e. The Kier molecular flexibility index (Phi) is 162. The van der Waals surface area contributed by atoms with Crippen molar-refractivity contribution in [2.75, 3.05) is 0 Å². The van der Waals surface area contributed by atoms with Gasteiger partial charge in [0.05, 0.1) is 0 Å². The minimum Gasteiger partial charge on any atom is -0.412 e. The molecule has 4 heavy (non-hydrogen) atoms. The third-order valence-electron chi connectivity index (χ3n) is 0. The summed E-state index contributed by atoms with van der Waals surface area (Å²) < 4.78 is 0. The monoisotopic (exact) mass is 264 g/mol. The van der Waals surface area contributed by atoms with Crippen LogP contribution in [0.25, 0.3) is 0 Å². The van der Waals surface area contributed by atoms with Crippen molar-refractivity contribution in [1.29, 1.82) is 0 Å². The van der Waals surface area contributed by atoms with E-state index in [2.05, 4.69) is 0 Å². The van der Waals surface area contributed by atoms with E-state index in [1.165, 1.54) is 0 Å². The van der Waals surface area contributed by atoms with E-state index in [9.17, 15) is 0 Å². The number of hydrogen-bond acceptors (Lipinski definition) is 0. The van der Waals surface area contributed by atoms with E-state index in [-0.39, 0.29) is 79.3 Å². The van der Waals surface area contributed by atoms with Crippen molar-refractivity contribution in [2.24, 2.45) is 0 Å². The van der Waals surface area contributed by atoms with Gasteiger partial charge < -0.3 is 11.0 Å². The third kappa shape index (κ3) is 8.88. The molecular formula is H4LaO2Y. The van der Waals surface area contributed by atoms with Gasteiger partial charge in [-0.25, -0.2) is 0 Å². The SMILES string of the molecule is O.O.[La].[Y]. The average molecular weight is 264 g/mol. The van der Waals surface area contributed by atoms with Crippen LogP contribution in [-0.2, 0) is 32.7 Å². The van der Waals surface area contributed by atoms with Gasteiger partial charge in [0.2, 0.25) is 0 Å². The molecule has 22 valence electrons. The van der Waals surface area contributed by atoms with Gasteiger partial charge >= 0.3 is 0 Å². The quantitative estimate of drug-likeness (QED) is 0.503. The van der Waals surface area contributed by atoms with Gasteiger partial charge in [-0.05, 0) is 0 Å². The zero-order chi connectivity index (χ0) is 0. The van der Waals surface area contributed by atoms with Crippen molar-refractivity contribution < 1.29 is 79.3 Å². The summed E-state index contributed by atoms with van der Waals surface area (Å²) in [5, 5.41) is 0. The predicted molar refractivity (Wildman–Crippen MR) is 7.23 cm³/mol. The summed E-state index contributed by atoms with van der Waals surface area (Å²) in [4.78, 5) is 0. The molecule has 0 saturated heterocycles. The molecule has 0 bridgehead atoms. The summed E-state index contributed by atoms with van der Waals surface area (Å²) in [6.45, 7) is 0. The van der Waals surface area contributed by atoms with Crippen LogP contribution in [0.1, 0.15) is 0 Å². The molecule has 2 nitrogen and oxygen atoms in total. The maximum absolute atomic E-state index is 0. The van der Waals surface area contributed by atoms with Crippen molar-refractivity contribution >= 4 is 0 Å². The predicted octanol–water partition coefficient (Wildman–Crippen LogP) is -1.65. The van der Waals surface area contributed by atoms with E-state index < -0.39 is 0 Å². The van der Waals surface area contributed by atoms with Crippen molar-refractivity contribution in [1.82, 2.24) is 0 Å². The maximum atomic E-state index is 0. The molecule has 0 aliphatic rings. The summed E-state index contributed by atoms with van der Waals surface area (Å²) in [6, 6.07) is 0. The van der Waals surface area contributed by atoms with Gasteiger partial charge in [0.15, 0.2) is 0 Å². The van der Waals surface area contributed by atoms with Crippen LogP contribution in [0.3, 0.4) is 0 Å². The van der Waals surface area contributed by atoms with Crippen LogP contribution in [-0.4, -0.2) is 11.0 Å². The first-order valence-electron chi connectivity index (χ1n) is 0. The van der Waals surface area contributed by atoms with Crippen LogP contribution in [0, 0.1) is 35.6 Å². The van der Waals surface area contributed by atoms with E-state index in [0.29, 0.717) is 0 Å². The minimum atomic E-state index is 0. The normalized spacial score (nSPS) is 0. The summed E-state index contributed by atoms with van der Waals surface area (Å²) >= 11 is 0. The van der Waals surface area contributed by atoms with Gasteiger partial charge in [-0.2, -0.15) is 0 Å². The molecule has 0 fully saturated rings. The van der Waals surface area contributed by atoms with Crippen LogP contribution in [0.2, 0.25) is 0 Å². The molecule has 0 unspecified atom stereocenters. The van der Waals surface area contributed by atoms with E-state index >= 15 is 0 Å². The average Bonchev–Trinajstić information content (AvgIpc) is 0. The van der Waals surface area contributed by atoms with Gasteiger partial charge in [-0.3, -0.25) is 0 Å². The zero-order valence-electron chi connectivity index (χ0n) is 2.15. The second kappa shape index (κ2) is 18.9. The standard InChI is InChI=1S/La.2H2O.Y/h;2*1H2;. The van der Waals surface area contributed by atoms with Crippen LogP contribution < -0.4 is 0 Å². The Balaban J connectivity index is 0. The van der Waals surface area contributed by atoms with Crippen LogP contribution in [0.15, 0.2) is 0 Å². The Bertz CT molecular complexity index is 6.00. The molecule has 0 aliphatic heterocycles. The molecule has 0 amide bonds. The van der Waals surface area contributed by atoms with Crippen LogP contribution in [0.4, 0.5) is 0 Å². The van der Waals surface area contributed by atoms with Gasteiger partial charge in [-0.15, -0.1) is 0 Å². The summed E-state index contributed by atoms with van der Waals surface area (Å²) in [5.41, 5.74) is 0. The molecular weight excluding hydrogens is 260 g/mol. The summed E-state index contributed by atoms with van der Waals surface area (Å²) in [7, 11) is 0. The van der Waals surface area contributed by atoms with E-state index in [4.69, 9.17) is 0 Å². The van der Waals surface area contributed by atoms with Crippen molar-refractivity contribution in [3.8, 4) is 0 Å². The molecule has 0 saturated carbocycles. The van der Waals surface area contributed by atoms with E-state index in [1.807, 2.05) is 0 Å². The van der Waals surface area contributed by atoms with Gasteiger partial charge in [0, 0.05) is 68.3 Å². The molecule has 0 aliphatic carbocycles. The Morgan fingerprint density at radius 3 is 0.750 bits per heavy atom. The Morgan fingerprint density at radius 2 is 0.750 bits per heavy atom. The topological polar surface area (TPSA) is 63.0 Å². The largest absolute Gasteiger partial charge is 0.412 e. The zero-order valence-corrected chi connectivity index (χ0v) is 8.62. The fraction of sp³-hybridized carbons (Fsp3) is 0. The van der Waals surface area contributed by atoms with E-state index in [1.54, 1.807) is 0 Å². The third-order valence-corrected chi connectivity index (χ3v) is 0. The van der Waals surface area contributed by atoms with E-state index in [0.717, 1.165) is 0 Å². The van der Waals surface area contributed by atoms with Crippen LogP contribution >= 0.6 is 0 Å². The van der Waals surface area contributed by atoms with Crippen LogP contribution in [0.5, 0.6) is 0 Å². The molecule has 4 N–H and O–H groups in total. The molecule has 0 aromatic carbocycles. The summed E-state index contributed by atoms with van der Waals surface area (Å²) in [5.74, 6) is 0. The first kappa shape index (κ1) is 34.4. The second-order valence-corrected chi connectivity index (χ2v) is 0.